The molecule has 1 heterocycles. The molecule has 10 heteroatoms. The molecule has 0 saturated carbocycles. The van der Waals surface area contributed by atoms with Crippen LogP contribution >= 0.6 is 0 Å². The molecule has 0 spiro atoms. The lowest BCUT2D eigenvalue weighted by molar-refractivity contribution is -0.147. The van der Waals surface area contributed by atoms with E-state index in [1.807, 2.05) is 79.4 Å². The number of ether oxygens (including phenoxy) is 2. The number of amides is 3. The second-order valence-electron chi connectivity index (χ2n) is 11.0. The summed E-state index contributed by atoms with van der Waals surface area (Å²) in [7, 11) is 1.23. The van der Waals surface area contributed by atoms with Crippen LogP contribution in [0.25, 0.3) is 0 Å². The Kier molecular flexibility index (Phi) is 12.3. The molecule has 3 rings (SSSR count). The Morgan fingerprint density at radius 2 is 1.60 bits per heavy atom. The molecule has 0 radical (unpaired) electrons. The Morgan fingerprint density at radius 3 is 2.19 bits per heavy atom. The molecule has 3 N–H and O–H groups in total. The van der Waals surface area contributed by atoms with Crippen molar-refractivity contribution < 1.29 is 30.1 Å². The zero-order valence-electron chi connectivity index (χ0n) is 25.8. The quantitative estimate of drug-likeness (QED) is 0.218. The standard InChI is InChI=1S/C32H44N4O6/c1-24(2)22-32(35-29(38)23-36-17-19-42-20-18-36,34-28(37)16-10-15-25-11-6-4-7-12-25)31(40)33-27(30(39)41-3)21-26-13-8-5-9-14-26/h4-9,11-14,24,27H,10,15-23H2,1-3H3,(H,33,40)(H,34,37)(H,35,38)/t27-,32+/m0/s1/i/hD. The van der Waals surface area contributed by atoms with E-state index in [1.54, 1.807) is 0 Å². The molecule has 42 heavy (non-hydrogen) atoms. The summed E-state index contributed by atoms with van der Waals surface area (Å²) >= 11 is 0. The first-order valence-corrected chi connectivity index (χ1v) is 14.5. The third kappa shape index (κ3) is 10.6. The Labute approximate surface area is 250 Å². The Morgan fingerprint density at radius 1 is 0.976 bits per heavy atom. The lowest BCUT2D eigenvalue weighted by Gasteiger charge is -2.37. The van der Waals surface area contributed by atoms with E-state index in [-0.39, 0.29) is 31.7 Å². The number of methoxy groups -OCH3 is 1. The first kappa shape index (κ1) is 31.2. The van der Waals surface area contributed by atoms with Crippen LogP contribution in [0.4, 0.5) is 0 Å². The van der Waals surface area contributed by atoms with E-state index in [2.05, 4.69) is 10.6 Å². The fraction of sp³-hybridized carbons (Fsp3) is 0.500. The summed E-state index contributed by atoms with van der Waals surface area (Å²) in [6.45, 7) is 5.70. The summed E-state index contributed by atoms with van der Waals surface area (Å²) in [5.41, 5.74) is -0.230. The van der Waals surface area contributed by atoms with Crippen LogP contribution in [0.1, 0.15) is 44.2 Å². The van der Waals surface area contributed by atoms with Crippen LogP contribution in [0.2, 0.25) is 1.41 Å². The van der Waals surface area contributed by atoms with Crippen molar-refractivity contribution in [2.75, 3.05) is 40.0 Å². The van der Waals surface area contributed by atoms with Gasteiger partial charge in [-0.25, -0.2) is 4.79 Å². The number of carbonyl (C=O) groups excluding carboxylic acids is 4. The molecular weight excluding hydrogens is 536 g/mol. The summed E-state index contributed by atoms with van der Waals surface area (Å²) in [6.07, 6.45) is 1.16. The van der Waals surface area contributed by atoms with Gasteiger partial charge in [-0.3, -0.25) is 19.3 Å². The molecular formula is C32H44N4O6. The zero-order valence-corrected chi connectivity index (χ0v) is 24.8. The number of nitrogens with zero attached hydrogens (tertiary/aromatic N) is 1. The molecule has 3 amide bonds. The molecule has 1 saturated heterocycles. The van der Waals surface area contributed by atoms with Gasteiger partial charge in [0.2, 0.25) is 11.8 Å². The number of rotatable bonds is 15. The van der Waals surface area contributed by atoms with Gasteiger partial charge in [-0.2, -0.15) is 0 Å². The molecule has 0 bridgehead atoms. The number of esters is 1. The molecule has 228 valence electrons. The van der Waals surface area contributed by atoms with Crippen molar-refractivity contribution in [1.29, 1.82) is 0 Å². The van der Waals surface area contributed by atoms with E-state index in [1.165, 1.54) is 7.11 Å². The van der Waals surface area contributed by atoms with Crippen LogP contribution in [-0.4, -0.2) is 80.3 Å². The van der Waals surface area contributed by atoms with Gasteiger partial charge in [0.15, 0.2) is 7.07 Å². The predicted octanol–water partition coefficient (Wildman–Crippen LogP) is 2.22. The minimum atomic E-state index is -2.07. The van der Waals surface area contributed by atoms with Gasteiger partial charge < -0.3 is 25.4 Å². The zero-order chi connectivity index (χ0) is 31.2. The molecule has 0 aliphatic carbocycles. The van der Waals surface area contributed by atoms with Crippen molar-refractivity contribution in [3.63, 3.8) is 0 Å². The van der Waals surface area contributed by atoms with E-state index >= 15 is 0 Å². The van der Waals surface area contributed by atoms with Crippen LogP contribution in [-0.2, 0) is 41.5 Å². The molecule has 1 aliphatic rings. The molecule has 0 unspecified atom stereocenters. The number of benzene rings is 2. The van der Waals surface area contributed by atoms with Gasteiger partial charge in [0, 0.05) is 32.4 Å². The summed E-state index contributed by atoms with van der Waals surface area (Å²) in [6, 6.07) is 17.7. The maximum Gasteiger partial charge on any atom is 0.328 e. The molecule has 10 nitrogen and oxygen atoms in total. The van der Waals surface area contributed by atoms with Gasteiger partial charge in [-0.15, -0.1) is 0 Å². The van der Waals surface area contributed by atoms with Crippen molar-refractivity contribution >= 4 is 23.7 Å². The highest BCUT2D eigenvalue weighted by Gasteiger charge is 2.43. The van der Waals surface area contributed by atoms with Gasteiger partial charge in [0.25, 0.3) is 5.91 Å². The fourth-order valence-electron chi connectivity index (χ4n) is 4.97. The van der Waals surface area contributed by atoms with Gasteiger partial charge in [0.1, 0.15) is 6.04 Å². The maximum absolute atomic E-state index is 14.2. The monoisotopic (exact) mass is 581 g/mol. The normalized spacial score (nSPS) is 16.0. The van der Waals surface area contributed by atoms with Crippen LogP contribution in [0.3, 0.4) is 0 Å². The van der Waals surface area contributed by atoms with Crippen molar-refractivity contribution in [1.82, 2.24) is 20.8 Å². The second-order valence-corrected chi connectivity index (χ2v) is 11.0. The van der Waals surface area contributed by atoms with Gasteiger partial charge in [-0.05, 0) is 29.9 Å². The molecule has 2 aromatic carbocycles. The summed E-state index contributed by atoms with van der Waals surface area (Å²) in [4.78, 5) is 55.8. The average Bonchev–Trinajstić information content (AvgIpc) is 3.00. The SMILES string of the molecule is [2H]N(C(=O)CCCc1ccccc1)[C@](CC(C)C)(NC(=O)CN1CCOCC1)C(=O)N[C@@H](Cc1ccccc1)C(=O)OC. The van der Waals surface area contributed by atoms with Crippen molar-refractivity contribution in [2.45, 2.75) is 57.7 Å². The third-order valence-corrected chi connectivity index (χ3v) is 6.98. The topological polar surface area (TPSA) is 126 Å². The highest BCUT2D eigenvalue weighted by Crippen LogP contribution is 2.18. The van der Waals surface area contributed by atoms with Crippen LogP contribution in [0, 0.1) is 5.92 Å². The fourth-order valence-corrected chi connectivity index (χ4v) is 4.97. The Balaban J connectivity index is 1.89. The van der Waals surface area contributed by atoms with Crippen molar-refractivity contribution in [2.24, 2.45) is 5.92 Å². The third-order valence-electron chi connectivity index (χ3n) is 6.98. The Bertz CT molecular complexity index is 1190. The van der Waals surface area contributed by atoms with Crippen LogP contribution < -0.4 is 15.9 Å². The smallest absolute Gasteiger partial charge is 0.328 e. The van der Waals surface area contributed by atoms with Crippen LogP contribution in [0.15, 0.2) is 60.7 Å². The molecule has 2 aromatic rings. The van der Waals surface area contributed by atoms with Crippen molar-refractivity contribution in [3.05, 3.63) is 71.8 Å². The summed E-state index contributed by atoms with van der Waals surface area (Å²) in [5, 5.41) is 6.07. The van der Waals surface area contributed by atoms with E-state index in [9.17, 15) is 19.2 Å². The number of aryl methyl sites for hydroxylation is 1. The van der Waals surface area contributed by atoms with E-state index in [0.29, 0.717) is 44.5 Å². The summed E-state index contributed by atoms with van der Waals surface area (Å²) in [5.74, 6) is -2.83. The number of hydrogen-bond acceptors (Lipinski definition) is 7. The van der Waals surface area contributed by atoms with Gasteiger partial charge >= 0.3 is 5.97 Å². The summed E-state index contributed by atoms with van der Waals surface area (Å²) < 4.78 is 19.3. The van der Waals surface area contributed by atoms with E-state index in [0.717, 1.165) is 11.1 Å². The van der Waals surface area contributed by atoms with Crippen LogP contribution in [0.5, 0.6) is 0 Å². The molecule has 1 fully saturated rings. The first-order valence-electron chi connectivity index (χ1n) is 15.0. The number of carbonyl (C=O) groups is 4. The number of hydrogen-bond donors (Lipinski definition) is 3. The van der Waals surface area contributed by atoms with Gasteiger partial charge in [-0.1, -0.05) is 74.5 Å². The highest BCUT2D eigenvalue weighted by molar-refractivity contribution is 5.97. The largest absolute Gasteiger partial charge is 0.467 e. The first-order chi connectivity index (χ1) is 20.6. The highest BCUT2D eigenvalue weighted by atomic mass is 16.5. The maximum atomic E-state index is 14.2. The van der Waals surface area contributed by atoms with Crippen molar-refractivity contribution in [3.8, 4) is 0 Å². The molecule has 1 aliphatic heterocycles. The minimum Gasteiger partial charge on any atom is -0.467 e. The van der Waals surface area contributed by atoms with E-state index in [4.69, 9.17) is 10.9 Å². The molecule has 0 aromatic heterocycles. The number of nitrogens with one attached hydrogen (secondary N) is 3. The number of morpholine rings is 1. The lowest BCUT2D eigenvalue weighted by Crippen LogP contribution is -2.71. The average molecular weight is 582 g/mol. The Hall–Kier alpha value is -3.76. The lowest BCUT2D eigenvalue weighted by atomic mass is 9.94. The van der Waals surface area contributed by atoms with E-state index < -0.39 is 35.4 Å². The predicted molar refractivity (Wildman–Crippen MR) is 159 cm³/mol. The second kappa shape index (κ2) is 16.6. The van der Waals surface area contributed by atoms with Gasteiger partial charge in [0.05, 0.1) is 26.9 Å². The minimum absolute atomic E-state index is 0.00466. The molecule has 2 atom stereocenters.